The molecule has 0 fully saturated rings. The summed E-state index contributed by atoms with van der Waals surface area (Å²) >= 11 is 0. The highest BCUT2D eigenvalue weighted by Crippen LogP contribution is 2.52. The fourth-order valence-corrected chi connectivity index (χ4v) is 10.3. The first-order valence-electron chi connectivity index (χ1n) is 19.3. The van der Waals surface area contributed by atoms with Crippen LogP contribution in [0.4, 0.5) is 0 Å². The lowest BCUT2D eigenvalue weighted by molar-refractivity contribution is 0.332. The zero-order valence-electron chi connectivity index (χ0n) is 31.5. The standard InChI is InChI=1S/C51H44N2/c1-49(2)24-25-50(3,4)43-30-47-37(27-42(43)49)38-28-46-39(48-34-17-11-10-14-31(34)20-23-44(48)52(46)32-15-8-7-9-16-32)29-45(38)53(47)33-21-22-36-35-18-12-13-19-40(35)51(5,6)41(36)26-33/h7-23,26-30H,24-25H2,1-6H3. The van der Waals surface area contributed by atoms with Gasteiger partial charge in [-0.1, -0.05) is 120 Å². The molecule has 2 heterocycles. The third-order valence-electron chi connectivity index (χ3n) is 13.4. The van der Waals surface area contributed by atoms with Crippen molar-refractivity contribution in [2.45, 2.75) is 70.6 Å². The lowest BCUT2D eigenvalue weighted by Gasteiger charge is -2.42. The molecule has 0 amide bonds. The zero-order chi connectivity index (χ0) is 36.0. The van der Waals surface area contributed by atoms with E-state index in [2.05, 4.69) is 184 Å². The van der Waals surface area contributed by atoms with Crippen molar-refractivity contribution in [2.24, 2.45) is 0 Å². The SMILES string of the molecule is CC1(C)CCC(C)(C)c2cc3c(cc21)c1cc2c(cc1n3-c1ccc3c(c1)C(C)(C)c1ccccc1-3)c1c3ccccc3ccc1n2-c1ccccc1. The molecule has 0 N–H and O–H groups in total. The number of benzene rings is 7. The third kappa shape index (κ3) is 4.10. The van der Waals surface area contributed by atoms with Crippen molar-refractivity contribution in [1.82, 2.24) is 9.13 Å². The molecule has 258 valence electrons. The van der Waals surface area contributed by atoms with Crippen LogP contribution in [0.15, 0.2) is 133 Å². The van der Waals surface area contributed by atoms with E-state index in [1.54, 1.807) is 0 Å². The van der Waals surface area contributed by atoms with Gasteiger partial charge in [0, 0.05) is 38.3 Å². The van der Waals surface area contributed by atoms with Crippen LogP contribution in [0.5, 0.6) is 0 Å². The van der Waals surface area contributed by atoms with Crippen LogP contribution < -0.4 is 0 Å². The third-order valence-corrected chi connectivity index (χ3v) is 13.4. The zero-order valence-corrected chi connectivity index (χ0v) is 31.5. The van der Waals surface area contributed by atoms with Crippen LogP contribution >= 0.6 is 0 Å². The molecule has 11 rings (SSSR count). The maximum atomic E-state index is 2.60. The first-order chi connectivity index (χ1) is 25.5. The molecular weight excluding hydrogens is 641 g/mol. The van der Waals surface area contributed by atoms with Crippen molar-refractivity contribution in [3.05, 3.63) is 156 Å². The summed E-state index contributed by atoms with van der Waals surface area (Å²) in [6.07, 6.45) is 2.38. The average molecular weight is 685 g/mol. The van der Waals surface area contributed by atoms with Crippen LogP contribution in [0.2, 0.25) is 0 Å². The quantitative estimate of drug-likeness (QED) is 0.172. The van der Waals surface area contributed by atoms with Crippen molar-refractivity contribution < 1.29 is 0 Å². The highest BCUT2D eigenvalue weighted by atomic mass is 15.0. The second-order valence-electron chi connectivity index (χ2n) is 17.7. The van der Waals surface area contributed by atoms with Gasteiger partial charge in [-0.3, -0.25) is 0 Å². The van der Waals surface area contributed by atoms with Gasteiger partial charge in [0.2, 0.25) is 0 Å². The molecule has 2 aliphatic rings. The smallest absolute Gasteiger partial charge is 0.0549 e. The van der Waals surface area contributed by atoms with E-state index < -0.39 is 0 Å². The molecule has 7 aromatic carbocycles. The number of para-hydroxylation sites is 1. The molecule has 0 saturated heterocycles. The Morgan fingerprint density at radius 3 is 1.81 bits per heavy atom. The van der Waals surface area contributed by atoms with Gasteiger partial charge in [-0.15, -0.1) is 0 Å². The highest BCUT2D eigenvalue weighted by Gasteiger charge is 2.39. The number of hydrogen-bond donors (Lipinski definition) is 0. The Morgan fingerprint density at radius 1 is 0.396 bits per heavy atom. The molecule has 0 unspecified atom stereocenters. The van der Waals surface area contributed by atoms with E-state index in [0.29, 0.717) is 0 Å². The summed E-state index contributed by atoms with van der Waals surface area (Å²) in [5.74, 6) is 0. The molecule has 0 radical (unpaired) electrons. The minimum atomic E-state index is -0.0822. The van der Waals surface area contributed by atoms with Gasteiger partial charge in [0.1, 0.15) is 0 Å². The van der Waals surface area contributed by atoms with Crippen molar-refractivity contribution in [3.63, 3.8) is 0 Å². The van der Waals surface area contributed by atoms with E-state index in [0.717, 1.165) is 0 Å². The van der Waals surface area contributed by atoms with Gasteiger partial charge in [0.25, 0.3) is 0 Å². The fourth-order valence-electron chi connectivity index (χ4n) is 10.3. The van der Waals surface area contributed by atoms with Crippen LogP contribution in [0, 0.1) is 0 Å². The van der Waals surface area contributed by atoms with E-state index >= 15 is 0 Å². The monoisotopic (exact) mass is 684 g/mol. The Bertz CT molecular complexity index is 3020. The number of aromatic nitrogens is 2. The second kappa shape index (κ2) is 10.3. The fraction of sp³-hybridized carbons (Fsp3) is 0.216. The van der Waals surface area contributed by atoms with Crippen molar-refractivity contribution in [3.8, 4) is 22.5 Å². The van der Waals surface area contributed by atoms with Gasteiger partial charge < -0.3 is 9.13 Å². The molecule has 0 bridgehead atoms. The van der Waals surface area contributed by atoms with Gasteiger partial charge in [-0.05, 0) is 122 Å². The minimum absolute atomic E-state index is 0.0822. The molecule has 0 spiro atoms. The summed E-state index contributed by atoms with van der Waals surface area (Å²) in [7, 11) is 0. The molecule has 2 nitrogen and oxygen atoms in total. The number of nitrogens with zero attached hydrogens (tertiary/aromatic N) is 2. The van der Waals surface area contributed by atoms with Crippen LogP contribution in [-0.4, -0.2) is 9.13 Å². The predicted octanol–water partition coefficient (Wildman–Crippen LogP) is 13.7. The maximum absolute atomic E-state index is 2.60. The lowest BCUT2D eigenvalue weighted by Crippen LogP contribution is -2.33. The van der Waals surface area contributed by atoms with Gasteiger partial charge in [-0.25, -0.2) is 0 Å². The van der Waals surface area contributed by atoms with Gasteiger partial charge in [-0.2, -0.15) is 0 Å². The Labute approximate surface area is 311 Å². The lowest BCUT2D eigenvalue weighted by atomic mass is 9.63. The van der Waals surface area contributed by atoms with E-state index in [1.807, 2.05) is 0 Å². The van der Waals surface area contributed by atoms with Gasteiger partial charge in [0.15, 0.2) is 0 Å². The molecule has 2 aliphatic carbocycles. The largest absolute Gasteiger partial charge is 0.309 e. The van der Waals surface area contributed by atoms with Crippen molar-refractivity contribution in [2.75, 3.05) is 0 Å². The molecule has 0 aliphatic heterocycles. The van der Waals surface area contributed by atoms with E-state index in [1.165, 1.54) is 112 Å². The van der Waals surface area contributed by atoms with E-state index in [-0.39, 0.29) is 16.2 Å². The predicted molar refractivity (Wildman–Crippen MR) is 225 cm³/mol. The van der Waals surface area contributed by atoms with Crippen molar-refractivity contribution in [1.29, 1.82) is 0 Å². The molecule has 53 heavy (non-hydrogen) atoms. The molecule has 9 aromatic rings. The maximum Gasteiger partial charge on any atom is 0.0549 e. The van der Waals surface area contributed by atoms with E-state index in [4.69, 9.17) is 0 Å². The van der Waals surface area contributed by atoms with Crippen LogP contribution in [0.25, 0.3) is 76.9 Å². The molecule has 0 atom stereocenters. The van der Waals surface area contributed by atoms with Crippen molar-refractivity contribution >= 4 is 54.4 Å². The molecule has 0 saturated carbocycles. The second-order valence-corrected chi connectivity index (χ2v) is 17.7. The normalized spacial score (nSPS) is 16.8. The number of rotatable bonds is 2. The Kier molecular flexibility index (Phi) is 6.01. The molecule has 2 aromatic heterocycles. The minimum Gasteiger partial charge on any atom is -0.309 e. The topological polar surface area (TPSA) is 9.86 Å². The molecular formula is C51H44N2. The summed E-state index contributed by atoms with van der Waals surface area (Å²) in [6.45, 7) is 14.6. The Hall–Kier alpha value is -5.60. The van der Waals surface area contributed by atoms with Gasteiger partial charge in [0.05, 0.1) is 22.1 Å². The van der Waals surface area contributed by atoms with E-state index in [9.17, 15) is 0 Å². The van der Waals surface area contributed by atoms with Crippen LogP contribution in [0.3, 0.4) is 0 Å². The molecule has 2 heteroatoms. The number of hydrogen-bond acceptors (Lipinski definition) is 0. The van der Waals surface area contributed by atoms with Crippen LogP contribution in [-0.2, 0) is 16.2 Å². The Balaban J connectivity index is 1.32. The van der Waals surface area contributed by atoms with Gasteiger partial charge >= 0.3 is 0 Å². The summed E-state index contributed by atoms with van der Waals surface area (Å²) in [5, 5.41) is 7.81. The highest BCUT2D eigenvalue weighted by molar-refractivity contribution is 6.25. The first kappa shape index (κ1) is 31.0. The van der Waals surface area contributed by atoms with Crippen LogP contribution in [0.1, 0.15) is 76.6 Å². The summed E-state index contributed by atoms with van der Waals surface area (Å²) in [6, 6.07) is 50.8. The average Bonchev–Trinajstić information content (AvgIpc) is 3.75. The number of fused-ring (bicyclic) bond motifs is 12. The Morgan fingerprint density at radius 2 is 1.00 bits per heavy atom. The summed E-state index contributed by atoms with van der Waals surface area (Å²) in [4.78, 5) is 0. The first-order valence-corrected chi connectivity index (χ1v) is 19.3. The summed E-state index contributed by atoms with van der Waals surface area (Å²) in [5.41, 5.74) is 16.1. The summed E-state index contributed by atoms with van der Waals surface area (Å²) < 4.78 is 5.08.